The molecule has 0 aliphatic carbocycles. The molecule has 0 aromatic heterocycles. The summed E-state index contributed by atoms with van der Waals surface area (Å²) < 4.78 is 27.3. The number of nitriles is 1. The Kier molecular flexibility index (Phi) is 5.17. The van der Waals surface area contributed by atoms with E-state index < -0.39 is 15.4 Å². The summed E-state index contributed by atoms with van der Waals surface area (Å²) in [7, 11) is -3.36. The van der Waals surface area contributed by atoms with Crippen molar-refractivity contribution in [3.8, 4) is 6.07 Å². The molecule has 0 bridgehead atoms. The standard InChI is InChI=1S/C18H26N2O2S/c1-14-7-5-6-8-17(14)16-11-15(2)20(12-16)23(21,22)13-18(3,4)9-10-19/h5-8,15-16H,9,11-13H2,1-4H3. The number of rotatable bonds is 5. The van der Waals surface area contributed by atoms with Gasteiger partial charge in [-0.3, -0.25) is 0 Å². The van der Waals surface area contributed by atoms with E-state index >= 15 is 0 Å². The summed E-state index contributed by atoms with van der Waals surface area (Å²) in [5.74, 6) is 0.276. The number of nitrogens with zero attached hydrogens (tertiary/aromatic N) is 2. The van der Waals surface area contributed by atoms with E-state index in [1.165, 1.54) is 11.1 Å². The maximum Gasteiger partial charge on any atom is 0.214 e. The van der Waals surface area contributed by atoms with Crippen molar-refractivity contribution >= 4 is 10.0 Å². The number of aryl methyl sites for hydroxylation is 1. The predicted octanol–water partition coefficient (Wildman–Crippen LogP) is 3.44. The topological polar surface area (TPSA) is 61.2 Å². The Hall–Kier alpha value is -1.38. The van der Waals surface area contributed by atoms with Gasteiger partial charge in [-0.1, -0.05) is 38.1 Å². The third kappa shape index (κ3) is 4.13. The molecule has 2 atom stereocenters. The quantitative estimate of drug-likeness (QED) is 0.828. The lowest BCUT2D eigenvalue weighted by Gasteiger charge is -2.27. The maximum atomic E-state index is 12.8. The summed E-state index contributed by atoms with van der Waals surface area (Å²) >= 11 is 0. The molecular weight excluding hydrogens is 308 g/mol. The normalized spacial score (nSPS) is 22.9. The molecule has 2 rings (SSSR count). The van der Waals surface area contributed by atoms with Gasteiger partial charge in [0.2, 0.25) is 10.0 Å². The van der Waals surface area contributed by atoms with Gasteiger partial charge in [0.25, 0.3) is 0 Å². The van der Waals surface area contributed by atoms with Crippen molar-refractivity contribution in [1.29, 1.82) is 5.26 Å². The van der Waals surface area contributed by atoms with E-state index in [0.717, 1.165) is 6.42 Å². The fourth-order valence-corrected chi connectivity index (χ4v) is 5.80. The number of sulfonamides is 1. The van der Waals surface area contributed by atoms with Crippen molar-refractivity contribution in [3.05, 3.63) is 35.4 Å². The van der Waals surface area contributed by atoms with Crippen molar-refractivity contribution in [2.75, 3.05) is 12.3 Å². The summed E-state index contributed by atoms with van der Waals surface area (Å²) in [6, 6.07) is 10.3. The van der Waals surface area contributed by atoms with Crippen LogP contribution in [0.4, 0.5) is 0 Å². The second-order valence-electron chi connectivity index (χ2n) is 7.46. The maximum absolute atomic E-state index is 12.8. The Morgan fingerprint density at radius 1 is 1.35 bits per heavy atom. The van der Waals surface area contributed by atoms with Crippen LogP contribution in [-0.2, 0) is 10.0 Å². The van der Waals surface area contributed by atoms with E-state index in [4.69, 9.17) is 5.26 Å². The van der Waals surface area contributed by atoms with Gasteiger partial charge < -0.3 is 0 Å². The number of benzene rings is 1. The van der Waals surface area contributed by atoms with E-state index in [0.29, 0.717) is 6.54 Å². The fourth-order valence-electron chi connectivity index (χ4n) is 3.50. The monoisotopic (exact) mass is 334 g/mol. The molecule has 0 radical (unpaired) electrons. The van der Waals surface area contributed by atoms with Crippen LogP contribution in [0.25, 0.3) is 0 Å². The Labute approximate surface area is 140 Å². The molecule has 1 saturated heterocycles. The third-order valence-corrected chi connectivity index (χ3v) is 7.00. The first-order valence-electron chi connectivity index (χ1n) is 8.08. The lowest BCUT2D eigenvalue weighted by atomic mass is 9.93. The molecule has 126 valence electrons. The first-order valence-corrected chi connectivity index (χ1v) is 9.69. The molecule has 1 fully saturated rings. The Morgan fingerprint density at radius 3 is 2.61 bits per heavy atom. The molecule has 23 heavy (non-hydrogen) atoms. The highest BCUT2D eigenvalue weighted by Crippen LogP contribution is 2.36. The van der Waals surface area contributed by atoms with E-state index in [2.05, 4.69) is 25.1 Å². The van der Waals surface area contributed by atoms with Gasteiger partial charge in [-0.15, -0.1) is 0 Å². The van der Waals surface area contributed by atoms with Crippen LogP contribution in [0.15, 0.2) is 24.3 Å². The Balaban J connectivity index is 2.18. The molecule has 0 spiro atoms. The molecule has 0 amide bonds. The third-order valence-electron chi connectivity index (χ3n) is 4.63. The van der Waals surface area contributed by atoms with Crippen LogP contribution in [0, 0.1) is 23.7 Å². The average Bonchev–Trinajstić information content (AvgIpc) is 2.80. The second kappa shape index (κ2) is 6.62. The summed E-state index contributed by atoms with van der Waals surface area (Å²) in [6.45, 7) is 8.28. The van der Waals surface area contributed by atoms with Gasteiger partial charge in [0, 0.05) is 19.0 Å². The van der Waals surface area contributed by atoms with Crippen LogP contribution in [0.3, 0.4) is 0 Å². The van der Waals surface area contributed by atoms with Crippen molar-refractivity contribution < 1.29 is 8.42 Å². The van der Waals surface area contributed by atoms with Gasteiger partial charge in [0.15, 0.2) is 0 Å². The van der Waals surface area contributed by atoms with Crippen molar-refractivity contribution in [3.63, 3.8) is 0 Å². The fraction of sp³-hybridized carbons (Fsp3) is 0.611. The predicted molar refractivity (Wildman–Crippen MR) is 92.5 cm³/mol. The van der Waals surface area contributed by atoms with Crippen LogP contribution in [0.5, 0.6) is 0 Å². The zero-order chi connectivity index (χ0) is 17.3. The van der Waals surface area contributed by atoms with Gasteiger partial charge in [-0.25, -0.2) is 8.42 Å². The Morgan fingerprint density at radius 2 is 2.00 bits per heavy atom. The average molecular weight is 334 g/mol. The van der Waals surface area contributed by atoms with Crippen LogP contribution >= 0.6 is 0 Å². The first-order chi connectivity index (χ1) is 10.7. The highest BCUT2D eigenvalue weighted by atomic mass is 32.2. The number of hydrogen-bond donors (Lipinski definition) is 0. The summed E-state index contributed by atoms with van der Waals surface area (Å²) in [4.78, 5) is 0. The molecule has 0 N–H and O–H groups in total. The largest absolute Gasteiger partial charge is 0.214 e. The molecule has 1 aliphatic heterocycles. The molecule has 5 heteroatoms. The van der Waals surface area contributed by atoms with Gasteiger partial charge in [0.1, 0.15) is 0 Å². The van der Waals surface area contributed by atoms with Gasteiger partial charge >= 0.3 is 0 Å². The van der Waals surface area contributed by atoms with Crippen LogP contribution < -0.4 is 0 Å². The zero-order valence-corrected chi connectivity index (χ0v) is 15.2. The smallest absolute Gasteiger partial charge is 0.212 e. The van der Waals surface area contributed by atoms with E-state index in [9.17, 15) is 8.42 Å². The molecule has 1 heterocycles. The highest BCUT2D eigenvalue weighted by Gasteiger charge is 2.40. The lowest BCUT2D eigenvalue weighted by Crippen LogP contribution is -2.39. The van der Waals surface area contributed by atoms with Gasteiger partial charge in [-0.2, -0.15) is 9.57 Å². The van der Waals surface area contributed by atoms with Crippen molar-refractivity contribution in [2.24, 2.45) is 5.41 Å². The zero-order valence-electron chi connectivity index (χ0n) is 14.4. The number of hydrogen-bond acceptors (Lipinski definition) is 3. The van der Waals surface area contributed by atoms with Gasteiger partial charge in [-0.05, 0) is 42.7 Å². The van der Waals surface area contributed by atoms with E-state index in [-0.39, 0.29) is 24.1 Å². The first kappa shape index (κ1) is 18.0. The molecule has 1 aromatic rings. The SMILES string of the molecule is Cc1ccccc1C1CC(C)N(S(=O)(=O)CC(C)(C)CC#N)C1. The van der Waals surface area contributed by atoms with Gasteiger partial charge in [0.05, 0.1) is 11.8 Å². The van der Waals surface area contributed by atoms with E-state index in [1.54, 1.807) is 4.31 Å². The molecule has 4 nitrogen and oxygen atoms in total. The van der Waals surface area contributed by atoms with Crippen LogP contribution in [0.2, 0.25) is 0 Å². The van der Waals surface area contributed by atoms with Crippen LogP contribution in [-0.4, -0.2) is 31.1 Å². The minimum Gasteiger partial charge on any atom is -0.212 e. The highest BCUT2D eigenvalue weighted by molar-refractivity contribution is 7.89. The minimum absolute atomic E-state index is 0.00231. The summed E-state index contributed by atoms with van der Waals surface area (Å²) in [6.07, 6.45) is 1.10. The molecule has 1 aliphatic rings. The Bertz CT molecular complexity index is 704. The van der Waals surface area contributed by atoms with Crippen molar-refractivity contribution in [2.45, 2.75) is 52.5 Å². The molecule has 1 aromatic carbocycles. The lowest BCUT2D eigenvalue weighted by molar-refractivity contribution is 0.373. The molecule has 2 unspecified atom stereocenters. The van der Waals surface area contributed by atoms with E-state index in [1.807, 2.05) is 32.9 Å². The minimum atomic E-state index is -3.36. The molecular formula is C18H26N2O2S. The van der Waals surface area contributed by atoms with Crippen LogP contribution in [0.1, 0.15) is 50.7 Å². The molecule has 0 saturated carbocycles. The summed E-state index contributed by atoms with van der Waals surface area (Å²) in [5, 5.41) is 8.88. The second-order valence-corrected chi connectivity index (χ2v) is 9.38. The summed E-state index contributed by atoms with van der Waals surface area (Å²) in [5.41, 5.74) is 1.94. The van der Waals surface area contributed by atoms with Crippen molar-refractivity contribution in [1.82, 2.24) is 4.31 Å².